The minimum Gasteiger partial charge on any atom is -0.347 e. The van der Waals surface area contributed by atoms with Gasteiger partial charge in [0.15, 0.2) is 0 Å². The molecule has 0 saturated carbocycles. The van der Waals surface area contributed by atoms with Crippen LogP contribution < -0.4 is 5.32 Å². The lowest BCUT2D eigenvalue weighted by atomic mass is 10.2. The van der Waals surface area contributed by atoms with E-state index in [9.17, 15) is 13.2 Å². The van der Waals surface area contributed by atoms with Crippen LogP contribution >= 0.6 is 22.9 Å². The maximum absolute atomic E-state index is 12.0. The van der Waals surface area contributed by atoms with Gasteiger partial charge in [0.2, 0.25) is 0 Å². The first-order valence-corrected chi connectivity index (χ1v) is 8.99. The SMILES string of the molecule is CN(C)S(=O)(=O)c1ccc(CNC(=O)c2ccc(Cl)cc2)s1. The Labute approximate surface area is 138 Å². The van der Waals surface area contributed by atoms with Crippen molar-refractivity contribution < 1.29 is 13.2 Å². The second kappa shape index (κ2) is 6.78. The maximum Gasteiger partial charge on any atom is 0.252 e. The van der Waals surface area contributed by atoms with Crippen LogP contribution in [0.25, 0.3) is 0 Å². The molecule has 8 heteroatoms. The molecule has 22 heavy (non-hydrogen) atoms. The number of sulfonamides is 1. The first-order valence-electron chi connectivity index (χ1n) is 6.35. The van der Waals surface area contributed by atoms with E-state index in [0.717, 1.165) is 20.5 Å². The number of halogens is 1. The number of nitrogens with zero attached hydrogens (tertiary/aromatic N) is 1. The van der Waals surface area contributed by atoms with E-state index in [1.807, 2.05) is 0 Å². The Morgan fingerprint density at radius 3 is 2.41 bits per heavy atom. The van der Waals surface area contributed by atoms with Crippen LogP contribution in [0.15, 0.2) is 40.6 Å². The fraction of sp³-hybridized carbons (Fsp3) is 0.214. The van der Waals surface area contributed by atoms with Gasteiger partial charge < -0.3 is 5.32 Å². The van der Waals surface area contributed by atoms with Crippen LogP contribution in [-0.2, 0) is 16.6 Å². The van der Waals surface area contributed by atoms with Crippen LogP contribution in [0, 0.1) is 0 Å². The summed E-state index contributed by atoms with van der Waals surface area (Å²) in [6.45, 7) is 0.273. The molecule has 1 aromatic carbocycles. The van der Waals surface area contributed by atoms with Crippen molar-refractivity contribution >= 4 is 38.9 Å². The highest BCUT2D eigenvalue weighted by Gasteiger charge is 2.19. The van der Waals surface area contributed by atoms with E-state index < -0.39 is 10.0 Å². The minimum atomic E-state index is -3.43. The predicted octanol–water partition coefficient (Wildman–Crippen LogP) is 2.58. The van der Waals surface area contributed by atoms with E-state index in [1.165, 1.54) is 14.1 Å². The summed E-state index contributed by atoms with van der Waals surface area (Å²) in [7, 11) is -0.461. The van der Waals surface area contributed by atoms with Gasteiger partial charge in [-0.3, -0.25) is 4.79 Å². The summed E-state index contributed by atoms with van der Waals surface area (Å²) < 4.78 is 25.4. The normalized spacial score (nSPS) is 11.6. The molecule has 2 rings (SSSR count). The molecular formula is C14H15ClN2O3S2. The zero-order valence-electron chi connectivity index (χ0n) is 12.0. The van der Waals surface area contributed by atoms with Crippen molar-refractivity contribution in [2.45, 2.75) is 10.8 Å². The molecule has 0 aliphatic heterocycles. The summed E-state index contributed by atoms with van der Waals surface area (Å²) in [4.78, 5) is 12.7. The topological polar surface area (TPSA) is 66.5 Å². The van der Waals surface area contributed by atoms with Crippen molar-refractivity contribution in [3.05, 3.63) is 51.9 Å². The smallest absolute Gasteiger partial charge is 0.252 e. The van der Waals surface area contributed by atoms with Crippen molar-refractivity contribution in [1.29, 1.82) is 0 Å². The average Bonchev–Trinajstić information content (AvgIpc) is 2.95. The van der Waals surface area contributed by atoms with Crippen molar-refractivity contribution in [3.63, 3.8) is 0 Å². The number of benzene rings is 1. The van der Waals surface area contributed by atoms with E-state index in [-0.39, 0.29) is 16.7 Å². The van der Waals surface area contributed by atoms with Gasteiger partial charge in [-0.05, 0) is 36.4 Å². The number of hydrogen-bond donors (Lipinski definition) is 1. The number of rotatable bonds is 5. The second-order valence-electron chi connectivity index (χ2n) is 4.70. The monoisotopic (exact) mass is 358 g/mol. The number of thiophene rings is 1. The largest absolute Gasteiger partial charge is 0.347 e. The Morgan fingerprint density at radius 1 is 1.18 bits per heavy atom. The number of carbonyl (C=O) groups is 1. The molecule has 0 fully saturated rings. The minimum absolute atomic E-state index is 0.234. The molecule has 0 atom stereocenters. The summed E-state index contributed by atoms with van der Waals surface area (Å²) in [6, 6.07) is 9.79. The molecule has 0 radical (unpaired) electrons. The van der Waals surface area contributed by atoms with E-state index in [4.69, 9.17) is 11.6 Å². The summed E-state index contributed by atoms with van der Waals surface area (Å²) in [6.07, 6.45) is 0. The van der Waals surface area contributed by atoms with E-state index in [1.54, 1.807) is 36.4 Å². The summed E-state index contributed by atoms with van der Waals surface area (Å²) in [5.41, 5.74) is 0.502. The number of nitrogens with one attached hydrogen (secondary N) is 1. The molecule has 0 bridgehead atoms. The van der Waals surface area contributed by atoms with Gasteiger partial charge in [-0.25, -0.2) is 12.7 Å². The highest BCUT2D eigenvalue weighted by atomic mass is 35.5. The zero-order chi connectivity index (χ0) is 16.3. The van der Waals surface area contributed by atoms with E-state index in [0.29, 0.717) is 10.6 Å². The number of carbonyl (C=O) groups excluding carboxylic acids is 1. The Kier molecular flexibility index (Phi) is 5.23. The fourth-order valence-electron chi connectivity index (χ4n) is 1.64. The molecule has 118 valence electrons. The molecule has 0 unspecified atom stereocenters. The van der Waals surface area contributed by atoms with Crippen LogP contribution in [0.1, 0.15) is 15.2 Å². The molecule has 0 spiro atoms. The number of hydrogen-bond acceptors (Lipinski definition) is 4. The van der Waals surface area contributed by atoms with Crippen molar-refractivity contribution in [2.75, 3.05) is 14.1 Å². The van der Waals surface area contributed by atoms with Crippen molar-refractivity contribution in [3.8, 4) is 0 Å². The first-order chi connectivity index (χ1) is 10.3. The third kappa shape index (κ3) is 3.86. The Hall–Kier alpha value is -1.41. The van der Waals surface area contributed by atoms with Crippen LogP contribution in [0.4, 0.5) is 0 Å². The molecule has 1 N–H and O–H groups in total. The van der Waals surface area contributed by atoms with Crippen molar-refractivity contribution in [2.24, 2.45) is 0 Å². The lowest BCUT2D eigenvalue weighted by molar-refractivity contribution is 0.0951. The highest BCUT2D eigenvalue weighted by molar-refractivity contribution is 7.91. The molecule has 2 aromatic rings. The maximum atomic E-state index is 12.0. The highest BCUT2D eigenvalue weighted by Crippen LogP contribution is 2.23. The molecule has 0 aliphatic carbocycles. The van der Waals surface area contributed by atoms with Crippen LogP contribution in [-0.4, -0.2) is 32.7 Å². The quantitative estimate of drug-likeness (QED) is 0.893. The van der Waals surface area contributed by atoms with E-state index >= 15 is 0 Å². The van der Waals surface area contributed by atoms with Gasteiger partial charge in [-0.15, -0.1) is 11.3 Å². The van der Waals surface area contributed by atoms with Crippen LogP contribution in [0.5, 0.6) is 0 Å². The van der Waals surface area contributed by atoms with Crippen LogP contribution in [0.2, 0.25) is 5.02 Å². The third-order valence-electron chi connectivity index (χ3n) is 2.90. The van der Waals surface area contributed by atoms with Gasteiger partial charge in [0, 0.05) is 29.6 Å². The first kappa shape index (κ1) is 17.0. The standard InChI is InChI=1S/C14H15ClN2O3S2/c1-17(2)22(19,20)13-8-7-12(21-13)9-16-14(18)10-3-5-11(15)6-4-10/h3-8H,9H2,1-2H3,(H,16,18). The Morgan fingerprint density at radius 2 is 1.82 bits per heavy atom. The molecule has 1 heterocycles. The molecule has 0 saturated heterocycles. The lowest BCUT2D eigenvalue weighted by Crippen LogP contribution is -2.22. The zero-order valence-corrected chi connectivity index (χ0v) is 14.4. The van der Waals surface area contributed by atoms with Gasteiger partial charge in [0.25, 0.3) is 15.9 Å². The summed E-state index contributed by atoms with van der Waals surface area (Å²) >= 11 is 6.91. The fourth-order valence-corrected chi connectivity index (χ4v) is 4.23. The predicted molar refractivity (Wildman–Crippen MR) is 87.8 cm³/mol. The molecule has 1 aromatic heterocycles. The summed E-state index contributed by atoms with van der Waals surface area (Å²) in [5.74, 6) is -0.234. The van der Waals surface area contributed by atoms with Crippen LogP contribution in [0.3, 0.4) is 0 Å². The van der Waals surface area contributed by atoms with Gasteiger partial charge in [-0.2, -0.15) is 0 Å². The second-order valence-corrected chi connectivity index (χ2v) is 8.68. The average molecular weight is 359 g/mol. The Balaban J connectivity index is 2.02. The van der Waals surface area contributed by atoms with Gasteiger partial charge >= 0.3 is 0 Å². The van der Waals surface area contributed by atoms with Gasteiger partial charge in [0.1, 0.15) is 4.21 Å². The Bertz CT molecular complexity index is 768. The molecule has 5 nitrogen and oxygen atoms in total. The van der Waals surface area contributed by atoms with Gasteiger partial charge in [0.05, 0.1) is 6.54 Å². The molecule has 0 aliphatic rings. The third-order valence-corrected chi connectivity index (χ3v) is 6.52. The van der Waals surface area contributed by atoms with Gasteiger partial charge in [-0.1, -0.05) is 11.6 Å². The molecular weight excluding hydrogens is 344 g/mol. The van der Waals surface area contributed by atoms with E-state index in [2.05, 4.69) is 5.32 Å². The van der Waals surface area contributed by atoms with Crippen molar-refractivity contribution in [1.82, 2.24) is 9.62 Å². The molecule has 1 amide bonds. The lowest BCUT2D eigenvalue weighted by Gasteiger charge is -2.08. The number of amides is 1. The summed E-state index contributed by atoms with van der Waals surface area (Å²) in [5, 5.41) is 3.31.